The van der Waals surface area contributed by atoms with Crippen LogP contribution in [0.1, 0.15) is 0 Å². The number of methoxy groups -OCH3 is 1. The van der Waals surface area contributed by atoms with Gasteiger partial charge in [-0.25, -0.2) is 9.69 Å². The quantitative estimate of drug-likeness (QED) is 0.425. The second-order valence-electron chi connectivity index (χ2n) is 5.44. The van der Waals surface area contributed by atoms with Crippen LogP contribution in [0.15, 0.2) is 53.6 Å². The number of carboxylic acid groups (broad SMARTS) is 1. The largest absolute Gasteiger partial charge is 0.504 e. The topological polar surface area (TPSA) is 137 Å². The Morgan fingerprint density at radius 2 is 1.89 bits per heavy atom. The number of anilines is 2. The predicted molar refractivity (Wildman–Crippen MR) is 102 cm³/mol. The van der Waals surface area contributed by atoms with Gasteiger partial charge in [-0.2, -0.15) is 8.42 Å². The molecule has 0 bridgehead atoms. The third-order valence-electron chi connectivity index (χ3n) is 3.84. The zero-order valence-corrected chi connectivity index (χ0v) is 18.8. The van der Waals surface area contributed by atoms with E-state index in [1.165, 1.54) is 31.5 Å². The Kier molecular flexibility index (Phi) is 7.04. The van der Waals surface area contributed by atoms with E-state index >= 15 is 0 Å². The van der Waals surface area contributed by atoms with Crippen molar-refractivity contribution >= 4 is 89.9 Å². The number of fused-ring (bicyclic) bond motifs is 1. The van der Waals surface area contributed by atoms with E-state index in [-0.39, 0.29) is 79.8 Å². The fourth-order valence-electron chi connectivity index (χ4n) is 2.66. The van der Waals surface area contributed by atoms with Crippen LogP contribution in [0.2, 0.25) is 0 Å². The molecule has 11 heteroatoms. The summed E-state index contributed by atoms with van der Waals surface area (Å²) in [6, 6.07) is 9.71. The minimum absolute atomic E-state index is 0. The van der Waals surface area contributed by atoms with Gasteiger partial charge in [0.25, 0.3) is 10.1 Å². The van der Waals surface area contributed by atoms with Crippen LogP contribution in [0.3, 0.4) is 0 Å². The van der Waals surface area contributed by atoms with Crippen LogP contribution in [-0.4, -0.2) is 92.8 Å². The third kappa shape index (κ3) is 4.30. The van der Waals surface area contributed by atoms with E-state index in [4.69, 9.17) is 4.74 Å². The summed E-state index contributed by atoms with van der Waals surface area (Å²) in [4.78, 5) is 16.0. The smallest absolute Gasteiger partial charge is 0.416 e. The Hall–Kier alpha value is -1.73. The summed E-state index contributed by atoms with van der Waals surface area (Å²) in [6.07, 6.45) is -0.0344. The summed E-state index contributed by atoms with van der Waals surface area (Å²) < 4.78 is 37.4. The SMILES string of the molecule is COc1ccc(N(C(=O)O)c2ccc3cccnc3c2O)cc1S(=O)(=O)O.[K]. The van der Waals surface area contributed by atoms with Gasteiger partial charge in [-0.05, 0) is 30.3 Å². The fourth-order valence-corrected chi connectivity index (χ4v) is 3.33. The van der Waals surface area contributed by atoms with Crippen molar-refractivity contribution in [2.24, 2.45) is 0 Å². The van der Waals surface area contributed by atoms with Gasteiger partial charge >= 0.3 is 6.09 Å². The van der Waals surface area contributed by atoms with Gasteiger partial charge in [0.2, 0.25) is 0 Å². The van der Waals surface area contributed by atoms with Gasteiger partial charge in [0.05, 0.1) is 18.5 Å². The third-order valence-corrected chi connectivity index (χ3v) is 4.72. The first kappa shape index (κ1) is 22.6. The molecule has 2 aromatic carbocycles. The number of rotatable bonds is 4. The molecule has 28 heavy (non-hydrogen) atoms. The summed E-state index contributed by atoms with van der Waals surface area (Å²) in [7, 11) is -3.47. The zero-order chi connectivity index (χ0) is 19.8. The van der Waals surface area contributed by atoms with Gasteiger partial charge in [0.15, 0.2) is 5.75 Å². The Bertz CT molecular complexity index is 1150. The molecule has 3 aromatic rings. The van der Waals surface area contributed by atoms with E-state index < -0.39 is 21.1 Å². The van der Waals surface area contributed by atoms with Crippen molar-refractivity contribution in [2.75, 3.05) is 12.0 Å². The molecule has 3 rings (SSSR count). The van der Waals surface area contributed by atoms with Gasteiger partial charge in [0.1, 0.15) is 16.2 Å². The van der Waals surface area contributed by atoms with Gasteiger partial charge in [-0.15, -0.1) is 0 Å². The van der Waals surface area contributed by atoms with Crippen LogP contribution in [0.4, 0.5) is 16.2 Å². The molecule has 0 saturated heterocycles. The maximum absolute atomic E-state index is 11.9. The van der Waals surface area contributed by atoms with Gasteiger partial charge in [-0.1, -0.05) is 12.1 Å². The molecule has 1 amide bonds. The van der Waals surface area contributed by atoms with Crippen molar-refractivity contribution in [3.8, 4) is 11.5 Å². The van der Waals surface area contributed by atoms with Crippen molar-refractivity contribution in [1.82, 2.24) is 4.98 Å². The Morgan fingerprint density at radius 3 is 2.50 bits per heavy atom. The monoisotopic (exact) mass is 429 g/mol. The molecular weight excluding hydrogens is 415 g/mol. The minimum Gasteiger partial charge on any atom is -0.504 e. The first-order valence-corrected chi connectivity index (χ1v) is 8.93. The number of hydrogen-bond acceptors (Lipinski definition) is 6. The average Bonchev–Trinajstić information content (AvgIpc) is 2.63. The Labute approximate surface area is 202 Å². The summed E-state index contributed by atoms with van der Waals surface area (Å²) in [5.74, 6) is -0.546. The molecule has 0 fully saturated rings. The van der Waals surface area contributed by atoms with Crippen LogP contribution >= 0.6 is 0 Å². The normalized spacial score (nSPS) is 10.9. The number of carbonyl (C=O) groups is 1. The molecule has 0 unspecified atom stereocenters. The van der Waals surface area contributed by atoms with Crippen molar-refractivity contribution < 1.29 is 32.7 Å². The minimum atomic E-state index is -4.67. The molecule has 0 aliphatic rings. The van der Waals surface area contributed by atoms with E-state index in [1.54, 1.807) is 18.2 Å². The molecule has 0 aliphatic heterocycles. The van der Waals surface area contributed by atoms with E-state index in [1.807, 2.05) is 0 Å². The number of benzene rings is 2. The van der Waals surface area contributed by atoms with Crippen LogP contribution in [0.25, 0.3) is 10.9 Å². The summed E-state index contributed by atoms with van der Waals surface area (Å²) in [6.45, 7) is 0. The van der Waals surface area contributed by atoms with E-state index in [0.29, 0.717) is 10.3 Å². The molecule has 1 aromatic heterocycles. The number of hydrogen-bond donors (Lipinski definition) is 3. The first-order chi connectivity index (χ1) is 12.7. The van der Waals surface area contributed by atoms with Gasteiger partial charge in [0, 0.05) is 63.0 Å². The number of nitrogens with zero attached hydrogens (tertiary/aromatic N) is 2. The second-order valence-corrected chi connectivity index (χ2v) is 6.83. The van der Waals surface area contributed by atoms with E-state index in [0.717, 1.165) is 6.07 Å². The van der Waals surface area contributed by atoms with Gasteiger partial charge in [-0.3, -0.25) is 9.54 Å². The Balaban J connectivity index is 0.00000280. The molecule has 3 N–H and O–H groups in total. The molecule has 9 nitrogen and oxygen atoms in total. The zero-order valence-electron chi connectivity index (χ0n) is 14.9. The standard InChI is InChI=1S/C17H14N2O7S.K/c1-26-13-7-5-11(9-14(13)27(23,24)25)19(17(21)22)12-6-4-10-3-2-8-18-15(10)16(12)20;/h2-9,20H,1H3,(H,21,22)(H,23,24,25);. The van der Waals surface area contributed by atoms with Crippen molar-refractivity contribution in [1.29, 1.82) is 0 Å². The maximum Gasteiger partial charge on any atom is 0.416 e. The summed E-state index contributed by atoms with van der Waals surface area (Å²) in [5, 5.41) is 20.7. The molecule has 1 radical (unpaired) electrons. The number of phenolic OH excluding ortho intramolecular Hbond substituents is 1. The summed E-state index contributed by atoms with van der Waals surface area (Å²) >= 11 is 0. The number of amides is 1. The van der Waals surface area contributed by atoms with Crippen LogP contribution in [-0.2, 0) is 10.1 Å². The number of ether oxygens (including phenoxy) is 1. The average molecular weight is 429 g/mol. The second kappa shape index (κ2) is 8.74. The fraction of sp³-hybridized carbons (Fsp3) is 0.0588. The molecule has 0 saturated carbocycles. The molecule has 0 aliphatic carbocycles. The van der Waals surface area contributed by atoms with E-state index in [9.17, 15) is 28.0 Å². The number of phenols is 1. The first-order valence-electron chi connectivity index (χ1n) is 7.49. The molecule has 1 heterocycles. The van der Waals surface area contributed by atoms with Crippen molar-refractivity contribution in [3.63, 3.8) is 0 Å². The van der Waals surface area contributed by atoms with E-state index in [2.05, 4.69) is 4.98 Å². The number of aromatic nitrogens is 1. The molecular formula is C17H14KN2O7S. The molecule has 0 spiro atoms. The van der Waals surface area contributed by atoms with Gasteiger partial charge < -0.3 is 14.9 Å². The number of pyridine rings is 1. The summed E-state index contributed by atoms with van der Waals surface area (Å²) in [5.41, 5.74) is -0.0635. The van der Waals surface area contributed by atoms with Crippen LogP contribution in [0, 0.1) is 0 Å². The maximum atomic E-state index is 11.9. The molecule has 0 atom stereocenters. The van der Waals surface area contributed by atoms with Crippen molar-refractivity contribution in [3.05, 3.63) is 48.7 Å². The predicted octanol–water partition coefficient (Wildman–Crippen LogP) is 2.63. The Morgan fingerprint density at radius 1 is 1.18 bits per heavy atom. The number of aromatic hydroxyl groups is 1. The van der Waals surface area contributed by atoms with Crippen molar-refractivity contribution in [2.45, 2.75) is 4.90 Å². The van der Waals surface area contributed by atoms with Crippen LogP contribution in [0.5, 0.6) is 11.5 Å². The van der Waals surface area contributed by atoms with Crippen LogP contribution < -0.4 is 9.64 Å². The molecule has 141 valence electrons.